The highest BCUT2D eigenvalue weighted by Crippen LogP contribution is 2.40. The first kappa shape index (κ1) is 9.36. The summed E-state index contributed by atoms with van der Waals surface area (Å²) in [6, 6.07) is 0. The van der Waals surface area contributed by atoms with Crippen LogP contribution in [0.15, 0.2) is 11.6 Å². The zero-order valence-corrected chi connectivity index (χ0v) is 9.05. The third-order valence-corrected chi connectivity index (χ3v) is 3.77. The summed E-state index contributed by atoms with van der Waals surface area (Å²) in [6.07, 6.45) is 11.3. The smallest absolute Gasteiger partial charge is 0.0832 e. The quantitative estimate of drug-likeness (QED) is 0.442. The topological polar surface area (TPSA) is 0 Å². The second-order valence-corrected chi connectivity index (χ2v) is 5.21. The molecule has 1 heteroatoms. The number of hydrogen-bond donors (Lipinski definition) is 0. The Labute approximate surface area is 82.9 Å². The van der Waals surface area contributed by atoms with Crippen molar-refractivity contribution in [3.63, 3.8) is 0 Å². The summed E-state index contributed by atoms with van der Waals surface area (Å²) in [5.41, 5.74) is 1.66. The Kier molecular flexibility index (Phi) is 2.81. The molecule has 0 saturated carbocycles. The van der Waals surface area contributed by atoms with Crippen molar-refractivity contribution in [1.82, 2.24) is 0 Å². The second-order valence-electron chi connectivity index (χ2n) is 5.21. The molecular formula is C12H21B. The molecule has 0 aromatic heterocycles. The van der Waals surface area contributed by atoms with Gasteiger partial charge in [-0.1, -0.05) is 44.0 Å². The molecule has 0 aromatic rings. The molecule has 13 heavy (non-hydrogen) atoms. The maximum absolute atomic E-state index is 2.55. The van der Waals surface area contributed by atoms with E-state index < -0.39 is 0 Å². The van der Waals surface area contributed by atoms with E-state index in [0.29, 0.717) is 0 Å². The average Bonchev–Trinajstić information content (AvgIpc) is 2.01. The molecule has 1 fully saturated rings. The number of fused-ring (bicyclic) bond motifs is 2. The van der Waals surface area contributed by atoms with Gasteiger partial charge in [0.25, 0.3) is 0 Å². The van der Waals surface area contributed by atoms with Crippen LogP contribution >= 0.6 is 0 Å². The lowest BCUT2D eigenvalue weighted by Crippen LogP contribution is -2.30. The van der Waals surface area contributed by atoms with E-state index in [1.54, 1.807) is 5.57 Å². The zero-order valence-electron chi connectivity index (χ0n) is 9.05. The Hall–Kier alpha value is -0.195. The van der Waals surface area contributed by atoms with Crippen LogP contribution in [0.5, 0.6) is 0 Å². The Morgan fingerprint density at radius 2 is 2.31 bits per heavy atom. The zero-order chi connectivity index (χ0) is 9.26. The number of hydrogen-bond acceptors (Lipinski definition) is 0. The predicted octanol–water partition coefficient (Wildman–Crippen LogP) is 3.88. The van der Waals surface area contributed by atoms with Gasteiger partial charge in [0.1, 0.15) is 6.71 Å². The van der Waals surface area contributed by atoms with E-state index in [1.807, 2.05) is 0 Å². The van der Waals surface area contributed by atoms with Crippen LogP contribution < -0.4 is 0 Å². The predicted molar refractivity (Wildman–Crippen MR) is 60.4 cm³/mol. The molecule has 1 aliphatic carbocycles. The molecule has 0 aromatic carbocycles. The monoisotopic (exact) mass is 176 g/mol. The minimum Gasteiger partial charge on any atom is -0.0832 e. The van der Waals surface area contributed by atoms with Crippen molar-refractivity contribution in [2.75, 3.05) is 0 Å². The fourth-order valence-corrected chi connectivity index (χ4v) is 3.49. The lowest BCUT2D eigenvalue weighted by atomic mass is 9.35. The van der Waals surface area contributed by atoms with Crippen molar-refractivity contribution in [3.05, 3.63) is 11.6 Å². The summed E-state index contributed by atoms with van der Waals surface area (Å²) in [7, 11) is 0. The summed E-state index contributed by atoms with van der Waals surface area (Å²) in [4.78, 5) is 0. The van der Waals surface area contributed by atoms with Crippen molar-refractivity contribution in [2.45, 2.75) is 52.1 Å². The van der Waals surface area contributed by atoms with Gasteiger partial charge in [0.05, 0.1) is 0 Å². The standard InChI is InChI=1S/C12H21B/c1-3-4-13-8-11-5-10(2)6-12(7-11)9-13/h5,11-12H,3-4,6-9H2,1-2H3. The van der Waals surface area contributed by atoms with Crippen LogP contribution in [-0.2, 0) is 0 Å². The summed E-state index contributed by atoms with van der Waals surface area (Å²) < 4.78 is 0. The molecule has 2 atom stereocenters. The molecule has 2 unspecified atom stereocenters. The van der Waals surface area contributed by atoms with Gasteiger partial charge in [-0.2, -0.15) is 0 Å². The van der Waals surface area contributed by atoms with Crippen molar-refractivity contribution in [2.24, 2.45) is 11.8 Å². The van der Waals surface area contributed by atoms with Crippen molar-refractivity contribution in [1.29, 1.82) is 0 Å². The van der Waals surface area contributed by atoms with E-state index in [-0.39, 0.29) is 0 Å². The van der Waals surface area contributed by atoms with Crippen LogP contribution in [0.3, 0.4) is 0 Å². The number of rotatable bonds is 2. The molecule has 1 heterocycles. The summed E-state index contributed by atoms with van der Waals surface area (Å²) in [5.74, 6) is 1.99. The fourth-order valence-electron chi connectivity index (χ4n) is 3.49. The molecular weight excluding hydrogens is 155 g/mol. The largest absolute Gasteiger partial charge is 0.140 e. The Balaban J connectivity index is 1.98. The summed E-state index contributed by atoms with van der Waals surface area (Å²) in [5, 5.41) is 0. The van der Waals surface area contributed by atoms with Gasteiger partial charge in [0, 0.05) is 0 Å². The fraction of sp³-hybridized carbons (Fsp3) is 0.833. The second kappa shape index (κ2) is 3.90. The van der Waals surface area contributed by atoms with Gasteiger partial charge >= 0.3 is 0 Å². The Morgan fingerprint density at radius 3 is 3.00 bits per heavy atom. The molecule has 0 nitrogen and oxygen atoms in total. The van der Waals surface area contributed by atoms with E-state index in [1.165, 1.54) is 38.2 Å². The van der Waals surface area contributed by atoms with Gasteiger partial charge in [-0.15, -0.1) is 0 Å². The maximum atomic E-state index is 2.55. The van der Waals surface area contributed by atoms with E-state index in [9.17, 15) is 0 Å². The van der Waals surface area contributed by atoms with E-state index in [4.69, 9.17) is 0 Å². The molecule has 0 amide bonds. The minimum absolute atomic E-state index is 0.948. The molecule has 0 radical (unpaired) electrons. The van der Waals surface area contributed by atoms with Crippen LogP contribution in [0, 0.1) is 11.8 Å². The maximum Gasteiger partial charge on any atom is 0.140 e. The van der Waals surface area contributed by atoms with Gasteiger partial charge in [0.2, 0.25) is 0 Å². The SMILES string of the molecule is CCCB1CC2C=C(C)CC(C1)C2. The van der Waals surface area contributed by atoms with Crippen molar-refractivity contribution >= 4 is 6.71 Å². The molecule has 2 bridgehead atoms. The van der Waals surface area contributed by atoms with Gasteiger partial charge in [-0.25, -0.2) is 0 Å². The van der Waals surface area contributed by atoms with Gasteiger partial charge in [-0.05, 0) is 31.6 Å². The van der Waals surface area contributed by atoms with Crippen molar-refractivity contribution in [3.8, 4) is 0 Å². The van der Waals surface area contributed by atoms with Crippen LogP contribution in [-0.4, -0.2) is 6.71 Å². The lowest BCUT2D eigenvalue weighted by molar-refractivity contribution is 0.408. The Bertz CT molecular complexity index is 207. The summed E-state index contributed by atoms with van der Waals surface area (Å²) >= 11 is 0. The van der Waals surface area contributed by atoms with E-state index in [2.05, 4.69) is 19.9 Å². The average molecular weight is 176 g/mol. The van der Waals surface area contributed by atoms with Gasteiger partial charge < -0.3 is 0 Å². The highest BCUT2D eigenvalue weighted by atomic mass is 14.3. The highest BCUT2D eigenvalue weighted by Gasteiger charge is 2.31. The minimum atomic E-state index is 0.948. The van der Waals surface area contributed by atoms with Gasteiger partial charge in [-0.3, -0.25) is 0 Å². The molecule has 2 aliphatic rings. The molecule has 0 spiro atoms. The van der Waals surface area contributed by atoms with Crippen LogP contribution in [0.25, 0.3) is 0 Å². The summed E-state index contributed by atoms with van der Waals surface area (Å²) in [6.45, 7) is 5.70. The third kappa shape index (κ3) is 2.18. The van der Waals surface area contributed by atoms with Crippen LogP contribution in [0.4, 0.5) is 0 Å². The molecule has 1 saturated heterocycles. The third-order valence-electron chi connectivity index (χ3n) is 3.77. The molecule has 1 aliphatic heterocycles. The number of allylic oxidation sites excluding steroid dienone is 2. The first-order chi connectivity index (χ1) is 6.28. The molecule has 2 rings (SSSR count). The lowest BCUT2D eigenvalue weighted by Gasteiger charge is -2.36. The molecule has 72 valence electrons. The van der Waals surface area contributed by atoms with Crippen LogP contribution in [0.2, 0.25) is 19.0 Å². The van der Waals surface area contributed by atoms with E-state index >= 15 is 0 Å². The van der Waals surface area contributed by atoms with Crippen molar-refractivity contribution < 1.29 is 0 Å². The Morgan fingerprint density at radius 1 is 1.46 bits per heavy atom. The van der Waals surface area contributed by atoms with Crippen LogP contribution in [0.1, 0.15) is 33.1 Å². The first-order valence-electron chi connectivity index (χ1n) is 5.95. The normalized spacial score (nSPS) is 33.1. The van der Waals surface area contributed by atoms with E-state index in [0.717, 1.165) is 18.5 Å². The van der Waals surface area contributed by atoms with Gasteiger partial charge in [0.15, 0.2) is 0 Å². The first-order valence-corrected chi connectivity index (χ1v) is 5.95. The molecule has 0 N–H and O–H groups in total. The highest BCUT2D eigenvalue weighted by molar-refractivity contribution is 6.59.